The highest BCUT2D eigenvalue weighted by Crippen LogP contribution is 2.23. The number of carbonyl (C=O) groups is 2. The molecule has 0 atom stereocenters. The third-order valence-electron chi connectivity index (χ3n) is 6.42. The van der Waals surface area contributed by atoms with E-state index in [1.54, 1.807) is 6.07 Å². The summed E-state index contributed by atoms with van der Waals surface area (Å²) in [4.78, 5) is 25.0. The molecule has 0 spiro atoms. The van der Waals surface area contributed by atoms with Crippen molar-refractivity contribution in [3.05, 3.63) is 59.7 Å². The maximum Gasteiger partial charge on any atom is 0.255 e. The van der Waals surface area contributed by atoms with Gasteiger partial charge in [0, 0.05) is 23.4 Å². The van der Waals surface area contributed by atoms with Crippen LogP contribution in [0, 0.1) is 0 Å². The van der Waals surface area contributed by atoms with E-state index in [-0.39, 0.29) is 17.2 Å². The van der Waals surface area contributed by atoms with E-state index in [0.717, 1.165) is 12.8 Å². The second-order valence-electron chi connectivity index (χ2n) is 10.7. The molecule has 0 aliphatic carbocycles. The van der Waals surface area contributed by atoms with Crippen molar-refractivity contribution in [3.63, 3.8) is 0 Å². The Bertz CT molecular complexity index is 897. The average Bonchev–Trinajstić information content (AvgIpc) is 2.82. The average molecular weight is 479 g/mol. The van der Waals surface area contributed by atoms with Crippen LogP contribution in [0.15, 0.2) is 48.5 Å². The maximum atomic E-state index is 12.6. The number of hydrogen-bond donors (Lipinski definition) is 2. The number of benzene rings is 2. The molecular formula is C31H46N2O2. The van der Waals surface area contributed by atoms with Crippen LogP contribution in [-0.4, -0.2) is 11.8 Å². The zero-order chi connectivity index (χ0) is 25.5. The highest BCUT2D eigenvalue weighted by Gasteiger charge is 2.14. The van der Waals surface area contributed by atoms with E-state index in [1.807, 2.05) is 42.5 Å². The van der Waals surface area contributed by atoms with Crippen molar-refractivity contribution in [3.8, 4) is 0 Å². The predicted octanol–water partition coefficient (Wildman–Crippen LogP) is 8.88. The van der Waals surface area contributed by atoms with Crippen LogP contribution in [0.1, 0.15) is 121 Å². The number of anilines is 2. The lowest BCUT2D eigenvalue weighted by Gasteiger charge is -2.19. The van der Waals surface area contributed by atoms with E-state index in [1.165, 1.54) is 63.4 Å². The lowest BCUT2D eigenvalue weighted by atomic mass is 9.87. The summed E-state index contributed by atoms with van der Waals surface area (Å²) >= 11 is 0. The van der Waals surface area contributed by atoms with Gasteiger partial charge in [-0.05, 0) is 47.7 Å². The Morgan fingerprint density at radius 3 is 1.74 bits per heavy atom. The molecule has 0 aliphatic rings. The minimum absolute atomic E-state index is 0.0298. The molecule has 0 bridgehead atoms. The second-order valence-corrected chi connectivity index (χ2v) is 10.7. The Hall–Kier alpha value is -2.62. The van der Waals surface area contributed by atoms with E-state index < -0.39 is 0 Å². The molecule has 2 aromatic carbocycles. The van der Waals surface area contributed by atoms with Crippen molar-refractivity contribution in [2.45, 2.75) is 110 Å². The number of carbonyl (C=O) groups excluding carboxylic acids is 2. The molecule has 2 N–H and O–H groups in total. The molecule has 0 radical (unpaired) electrons. The lowest BCUT2D eigenvalue weighted by Crippen LogP contribution is -2.15. The summed E-state index contributed by atoms with van der Waals surface area (Å²) in [6.45, 7) is 8.71. The molecule has 0 saturated heterocycles. The van der Waals surface area contributed by atoms with Crippen LogP contribution in [0.3, 0.4) is 0 Å². The molecule has 0 unspecified atom stereocenters. The number of nitrogens with one attached hydrogen (secondary N) is 2. The minimum atomic E-state index is -0.158. The summed E-state index contributed by atoms with van der Waals surface area (Å²) in [5.74, 6) is -0.128. The SMILES string of the molecule is CCCCCCCCCCCCCC(=O)Nc1cccc(NC(=O)c2ccc(C(C)(C)C)cc2)c1. The standard InChI is InChI=1S/C31H46N2O2/c1-5-6-7-8-9-10-11-12-13-14-15-19-29(34)32-27-17-16-18-28(24-27)33-30(35)25-20-22-26(23-21-25)31(2,3)4/h16-18,20-24H,5-15,19H2,1-4H3,(H,32,34)(H,33,35). The summed E-state index contributed by atoms with van der Waals surface area (Å²) in [7, 11) is 0. The fourth-order valence-corrected chi connectivity index (χ4v) is 4.17. The van der Waals surface area contributed by atoms with Gasteiger partial charge in [0.1, 0.15) is 0 Å². The third kappa shape index (κ3) is 11.6. The fourth-order valence-electron chi connectivity index (χ4n) is 4.17. The minimum Gasteiger partial charge on any atom is -0.326 e. The Kier molecular flexibility index (Phi) is 12.6. The first-order chi connectivity index (χ1) is 16.8. The Morgan fingerprint density at radius 2 is 1.20 bits per heavy atom. The van der Waals surface area contributed by atoms with Crippen LogP contribution in [-0.2, 0) is 10.2 Å². The molecule has 35 heavy (non-hydrogen) atoms. The second kappa shape index (κ2) is 15.4. The molecule has 192 valence electrons. The largest absolute Gasteiger partial charge is 0.326 e. The Labute approximate surface area is 213 Å². The van der Waals surface area contributed by atoms with Gasteiger partial charge < -0.3 is 10.6 Å². The first kappa shape index (κ1) is 28.6. The first-order valence-electron chi connectivity index (χ1n) is 13.6. The van der Waals surface area contributed by atoms with Gasteiger partial charge in [-0.15, -0.1) is 0 Å². The summed E-state index contributed by atoms with van der Waals surface area (Å²) in [5.41, 5.74) is 3.23. The third-order valence-corrected chi connectivity index (χ3v) is 6.42. The van der Waals surface area contributed by atoms with Crippen LogP contribution < -0.4 is 10.6 Å². The summed E-state index contributed by atoms with van der Waals surface area (Å²) < 4.78 is 0. The molecule has 2 rings (SSSR count). The number of hydrogen-bond acceptors (Lipinski definition) is 2. The van der Waals surface area contributed by atoms with E-state index in [4.69, 9.17) is 0 Å². The number of rotatable bonds is 15. The van der Waals surface area contributed by atoms with Crippen LogP contribution in [0.2, 0.25) is 0 Å². The Balaban J connectivity index is 1.67. The fraction of sp³-hybridized carbons (Fsp3) is 0.548. The summed E-state index contributed by atoms with van der Waals surface area (Å²) in [5, 5.41) is 5.90. The van der Waals surface area contributed by atoms with Crippen molar-refractivity contribution >= 4 is 23.2 Å². The van der Waals surface area contributed by atoms with Gasteiger partial charge in [0.05, 0.1) is 0 Å². The van der Waals surface area contributed by atoms with Crippen molar-refractivity contribution in [1.82, 2.24) is 0 Å². The van der Waals surface area contributed by atoms with Crippen LogP contribution in [0.5, 0.6) is 0 Å². The van der Waals surface area contributed by atoms with Crippen LogP contribution in [0.4, 0.5) is 11.4 Å². The molecular weight excluding hydrogens is 432 g/mol. The summed E-state index contributed by atoms with van der Waals surface area (Å²) in [6.07, 6.45) is 14.5. The molecule has 4 nitrogen and oxygen atoms in total. The van der Waals surface area contributed by atoms with E-state index in [2.05, 4.69) is 38.3 Å². The molecule has 0 heterocycles. The van der Waals surface area contributed by atoms with E-state index in [9.17, 15) is 9.59 Å². The van der Waals surface area contributed by atoms with E-state index >= 15 is 0 Å². The number of amides is 2. The number of unbranched alkanes of at least 4 members (excludes halogenated alkanes) is 10. The maximum absolute atomic E-state index is 12.6. The smallest absolute Gasteiger partial charge is 0.255 e. The molecule has 0 saturated carbocycles. The molecule has 0 aliphatic heterocycles. The van der Waals surface area contributed by atoms with Gasteiger partial charge in [-0.25, -0.2) is 0 Å². The molecule has 0 fully saturated rings. The van der Waals surface area contributed by atoms with Gasteiger partial charge in [-0.2, -0.15) is 0 Å². The normalized spacial score (nSPS) is 11.3. The molecule has 2 aromatic rings. The van der Waals surface area contributed by atoms with Crippen LogP contribution in [0.25, 0.3) is 0 Å². The Morgan fingerprint density at radius 1 is 0.686 bits per heavy atom. The zero-order valence-corrected chi connectivity index (χ0v) is 22.4. The van der Waals surface area contributed by atoms with Gasteiger partial charge in [-0.1, -0.05) is 110 Å². The highest BCUT2D eigenvalue weighted by molar-refractivity contribution is 6.04. The molecule has 2 amide bonds. The van der Waals surface area contributed by atoms with Gasteiger partial charge in [0.2, 0.25) is 5.91 Å². The van der Waals surface area contributed by atoms with Gasteiger partial charge in [-0.3, -0.25) is 9.59 Å². The molecule has 4 heteroatoms. The van der Waals surface area contributed by atoms with Crippen molar-refractivity contribution in [1.29, 1.82) is 0 Å². The van der Waals surface area contributed by atoms with E-state index in [0.29, 0.717) is 23.4 Å². The van der Waals surface area contributed by atoms with Gasteiger partial charge in [0.25, 0.3) is 5.91 Å². The topological polar surface area (TPSA) is 58.2 Å². The lowest BCUT2D eigenvalue weighted by molar-refractivity contribution is -0.116. The van der Waals surface area contributed by atoms with Crippen LogP contribution >= 0.6 is 0 Å². The zero-order valence-electron chi connectivity index (χ0n) is 22.4. The van der Waals surface area contributed by atoms with Crippen molar-refractivity contribution in [2.24, 2.45) is 0 Å². The van der Waals surface area contributed by atoms with Gasteiger partial charge in [0.15, 0.2) is 0 Å². The first-order valence-corrected chi connectivity index (χ1v) is 13.6. The van der Waals surface area contributed by atoms with Gasteiger partial charge >= 0.3 is 0 Å². The molecule has 0 aromatic heterocycles. The van der Waals surface area contributed by atoms with Crippen molar-refractivity contribution in [2.75, 3.05) is 10.6 Å². The highest BCUT2D eigenvalue weighted by atomic mass is 16.2. The predicted molar refractivity (Wildman–Crippen MR) is 149 cm³/mol. The van der Waals surface area contributed by atoms with Crippen molar-refractivity contribution < 1.29 is 9.59 Å². The summed E-state index contributed by atoms with van der Waals surface area (Å²) in [6, 6.07) is 15.0. The quantitative estimate of drug-likeness (QED) is 0.251. The monoisotopic (exact) mass is 478 g/mol.